The molecule has 1 atom stereocenters. The van der Waals surface area contributed by atoms with Crippen LogP contribution in [0.4, 0.5) is 5.69 Å². The molecule has 0 bridgehead atoms. The first-order valence-corrected chi connectivity index (χ1v) is 8.78. The van der Waals surface area contributed by atoms with Crippen LogP contribution in [0.25, 0.3) is 0 Å². The van der Waals surface area contributed by atoms with Crippen molar-refractivity contribution in [2.45, 2.75) is 19.5 Å². The molecule has 2 aromatic carbocycles. The summed E-state index contributed by atoms with van der Waals surface area (Å²) in [5.74, 6) is 1.11. The predicted molar refractivity (Wildman–Crippen MR) is 106 cm³/mol. The molecule has 26 heavy (non-hydrogen) atoms. The van der Waals surface area contributed by atoms with Crippen molar-refractivity contribution in [3.05, 3.63) is 52.0 Å². The van der Waals surface area contributed by atoms with Crippen molar-refractivity contribution < 1.29 is 14.3 Å². The number of benzene rings is 2. The van der Waals surface area contributed by atoms with E-state index in [4.69, 9.17) is 32.7 Å². The smallest absolute Gasteiger partial charge is 0.241 e. The van der Waals surface area contributed by atoms with Crippen LogP contribution in [-0.2, 0) is 11.3 Å². The number of anilines is 1. The summed E-state index contributed by atoms with van der Waals surface area (Å²) in [6.45, 7) is 2.33. The number of amides is 1. The summed E-state index contributed by atoms with van der Waals surface area (Å²) in [6, 6.07) is 10.1. The minimum absolute atomic E-state index is 0.172. The van der Waals surface area contributed by atoms with Crippen molar-refractivity contribution >= 4 is 34.8 Å². The van der Waals surface area contributed by atoms with Crippen molar-refractivity contribution in [2.75, 3.05) is 26.6 Å². The summed E-state index contributed by atoms with van der Waals surface area (Å²) in [5.41, 5.74) is 1.44. The molecule has 0 aliphatic rings. The first kappa shape index (κ1) is 20.4. The fourth-order valence-electron chi connectivity index (χ4n) is 2.49. The highest BCUT2D eigenvalue weighted by atomic mass is 35.5. The molecular formula is C19H22Cl2N2O3. The molecule has 0 aliphatic carbocycles. The molecule has 0 aromatic heterocycles. The Kier molecular flexibility index (Phi) is 7.14. The van der Waals surface area contributed by atoms with Crippen molar-refractivity contribution in [1.29, 1.82) is 0 Å². The van der Waals surface area contributed by atoms with Gasteiger partial charge in [0, 0.05) is 22.2 Å². The Morgan fingerprint density at radius 3 is 2.27 bits per heavy atom. The highest BCUT2D eigenvalue weighted by molar-refractivity contribution is 6.31. The highest BCUT2D eigenvalue weighted by Crippen LogP contribution is 2.28. The lowest BCUT2D eigenvalue weighted by molar-refractivity contribution is -0.120. The molecule has 140 valence electrons. The third-order valence-corrected chi connectivity index (χ3v) is 4.59. The Morgan fingerprint density at radius 1 is 1.08 bits per heavy atom. The van der Waals surface area contributed by atoms with Gasteiger partial charge in [0.25, 0.3) is 0 Å². The van der Waals surface area contributed by atoms with E-state index in [1.165, 1.54) is 0 Å². The fraction of sp³-hybridized carbons (Fsp3) is 0.316. The van der Waals surface area contributed by atoms with Gasteiger partial charge in [0.15, 0.2) is 0 Å². The number of ether oxygens (including phenoxy) is 2. The van der Waals surface area contributed by atoms with Crippen molar-refractivity contribution in [3.8, 4) is 11.5 Å². The van der Waals surface area contributed by atoms with Crippen LogP contribution in [0, 0.1) is 0 Å². The minimum Gasteiger partial charge on any atom is -0.496 e. The van der Waals surface area contributed by atoms with Gasteiger partial charge in [-0.25, -0.2) is 0 Å². The van der Waals surface area contributed by atoms with Gasteiger partial charge in [0.2, 0.25) is 5.91 Å². The standard InChI is InChI=1S/C19H22Cl2N2O3/c1-12(19(24)22-16-10-15(21)6-8-18(16)26-4)23(2)11-13-9-14(20)5-7-17(13)25-3/h5-10,12H,11H2,1-4H3,(H,22,24)/t12-/m0/s1. The second-order valence-corrected chi connectivity index (χ2v) is 6.75. The number of carbonyl (C=O) groups excluding carboxylic acids is 1. The van der Waals surface area contributed by atoms with Crippen molar-refractivity contribution in [1.82, 2.24) is 4.90 Å². The van der Waals surface area contributed by atoms with E-state index in [-0.39, 0.29) is 5.91 Å². The molecule has 0 heterocycles. The summed E-state index contributed by atoms with van der Waals surface area (Å²) in [6.07, 6.45) is 0. The van der Waals surface area contributed by atoms with Gasteiger partial charge >= 0.3 is 0 Å². The molecule has 0 saturated carbocycles. The van der Waals surface area contributed by atoms with Gasteiger partial charge in [0.1, 0.15) is 11.5 Å². The van der Waals surface area contributed by atoms with Crippen molar-refractivity contribution in [3.63, 3.8) is 0 Å². The third-order valence-electron chi connectivity index (χ3n) is 4.12. The maximum atomic E-state index is 12.6. The summed E-state index contributed by atoms with van der Waals surface area (Å²) in [5, 5.41) is 4.00. The molecule has 1 amide bonds. The van der Waals surface area contributed by atoms with E-state index in [0.717, 1.165) is 11.3 Å². The zero-order chi connectivity index (χ0) is 19.3. The quantitative estimate of drug-likeness (QED) is 0.749. The number of hydrogen-bond acceptors (Lipinski definition) is 4. The molecule has 7 heteroatoms. The maximum Gasteiger partial charge on any atom is 0.241 e. The summed E-state index contributed by atoms with van der Waals surface area (Å²) < 4.78 is 10.6. The minimum atomic E-state index is -0.401. The highest BCUT2D eigenvalue weighted by Gasteiger charge is 2.21. The monoisotopic (exact) mass is 396 g/mol. The van der Waals surface area contributed by atoms with E-state index in [0.29, 0.717) is 28.0 Å². The Morgan fingerprint density at radius 2 is 1.65 bits per heavy atom. The van der Waals surface area contributed by atoms with Gasteiger partial charge in [-0.2, -0.15) is 0 Å². The first-order valence-electron chi connectivity index (χ1n) is 8.02. The Bertz CT molecular complexity index is 783. The van der Waals surface area contributed by atoms with E-state index in [9.17, 15) is 4.79 Å². The number of rotatable bonds is 7. The maximum absolute atomic E-state index is 12.6. The zero-order valence-corrected chi connectivity index (χ0v) is 16.7. The second kappa shape index (κ2) is 9.12. The van der Waals surface area contributed by atoms with Crippen LogP contribution in [0.2, 0.25) is 10.0 Å². The van der Waals surface area contributed by atoms with Gasteiger partial charge in [-0.3, -0.25) is 9.69 Å². The first-order chi connectivity index (χ1) is 12.3. The normalized spacial score (nSPS) is 12.0. The van der Waals surface area contributed by atoms with E-state index >= 15 is 0 Å². The number of methoxy groups -OCH3 is 2. The average Bonchev–Trinajstić information content (AvgIpc) is 2.61. The van der Waals surface area contributed by atoms with Crippen LogP contribution in [0.3, 0.4) is 0 Å². The van der Waals surface area contributed by atoms with Gasteiger partial charge in [-0.05, 0) is 50.4 Å². The van der Waals surface area contributed by atoms with Crippen LogP contribution in [-0.4, -0.2) is 38.1 Å². The number of halogens is 2. The molecular weight excluding hydrogens is 375 g/mol. The number of nitrogens with one attached hydrogen (secondary N) is 1. The summed E-state index contributed by atoms with van der Waals surface area (Å²) in [4.78, 5) is 14.5. The third kappa shape index (κ3) is 5.04. The number of nitrogens with zero attached hydrogens (tertiary/aromatic N) is 1. The molecule has 0 radical (unpaired) electrons. The van der Waals surface area contributed by atoms with E-state index in [2.05, 4.69) is 5.32 Å². The predicted octanol–water partition coefficient (Wildman–Crippen LogP) is 4.47. The molecule has 0 spiro atoms. The fourth-order valence-corrected chi connectivity index (χ4v) is 2.86. The van der Waals surface area contributed by atoms with Gasteiger partial charge in [-0.1, -0.05) is 23.2 Å². The lowest BCUT2D eigenvalue weighted by Crippen LogP contribution is -2.39. The van der Waals surface area contributed by atoms with Gasteiger partial charge in [-0.15, -0.1) is 0 Å². The number of likely N-dealkylation sites (N-methyl/N-ethyl adjacent to an activating group) is 1. The van der Waals surface area contributed by atoms with E-state index < -0.39 is 6.04 Å². The van der Waals surface area contributed by atoms with Crippen LogP contribution in [0.1, 0.15) is 12.5 Å². The number of hydrogen-bond donors (Lipinski definition) is 1. The molecule has 5 nitrogen and oxygen atoms in total. The molecule has 0 fully saturated rings. The van der Waals surface area contributed by atoms with Crippen LogP contribution in [0.15, 0.2) is 36.4 Å². The Balaban J connectivity index is 2.11. The summed E-state index contributed by atoms with van der Waals surface area (Å²) >= 11 is 12.1. The number of carbonyl (C=O) groups is 1. The SMILES string of the molecule is COc1ccc(Cl)cc1CN(C)[C@@H](C)C(=O)Nc1cc(Cl)ccc1OC. The lowest BCUT2D eigenvalue weighted by Gasteiger charge is -2.25. The lowest BCUT2D eigenvalue weighted by atomic mass is 10.1. The van der Waals surface area contributed by atoms with Gasteiger partial charge < -0.3 is 14.8 Å². The Labute approximate surface area is 163 Å². The van der Waals surface area contributed by atoms with Crippen LogP contribution < -0.4 is 14.8 Å². The van der Waals surface area contributed by atoms with E-state index in [1.807, 2.05) is 31.0 Å². The van der Waals surface area contributed by atoms with Crippen LogP contribution in [0.5, 0.6) is 11.5 Å². The van der Waals surface area contributed by atoms with Crippen LogP contribution >= 0.6 is 23.2 Å². The molecule has 2 aromatic rings. The Hall–Kier alpha value is -1.95. The molecule has 2 rings (SSSR count). The molecule has 0 aliphatic heterocycles. The topological polar surface area (TPSA) is 50.8 Å². The zero-order valence-electron chi connectivity index (χ0n) is 15.2. The largest absolute Gasteiger partial charge is 0.496 e. The van der Waals surface area contributed by atoms with E-state index in [1.54, 1.807) is 38.5 Å². The average molecular weight is 397 g/mol. The second-order valence-electron chi connectivity index (χ2n) is 5.88. The van der Waals surface area contributed by atoms with Gasteiger partial charge in [0.05, 0.1) is 25.9 Å². The molecule has 1 N–H and O–H groups in total. The molecule has 0 saturated heterocycles. The molecule has 0 unspecified atom stereocenters. The van der Waals surface area contributed by atoms with Crippen molar-refractivity contribution in [2.24, 2.45) is 0 Å². The summed E-state index contributed by atoms with van der Waals surface area (Å²) in [7, 11) is 5.01.